The molecule has 1 atom stereocenters. The van der Waals surface area contributed by atoms with Crippen molar-refractivity contribution in [3.63, 3.8) is 0 Å². The zero-order chi connectivity index (χ0) is 11.4. The predicted molar refractivity (Wildman–Crippen MR) is 65.7 cm³/mol. The Morgan fingerprint density at radius 3 is 2.94 bits per heavy atom. The van der Waals surface area contributed by atoms with Crippen LogP contribution in [-0.2, 0) is 6.42 Å². The quantitative estimate of drug-likeness (QED) is 0.883. The molecule has 0 aliphatic carbocycles. The van der Waals surface area contributed by atoms with Crippen LogP contribution >= 0.6 is 11.3 Å². The molecule has 2 aromatic rings. The second-order valence-corrected chi connectivity index (χ2v) is 4.25. The van der Waals surface area contributed by atoms with Crippen LogP contribution in [0.25, 0.3) is 0 Å². The van der Waals surface area contributed by atoms with Gasteiger partial charge in [0.15, 0.2) is 0 Å². The summed E-state index contributed by atoms with van der Waals surface area (Å²) in [6.45, 7) is 0. The van der Waals surface area contributed by atoms with Crippen LogP contribution in [0.2, 0.25) is 0 Å². The van der Waals surface area contributed by atoms with E-state index in [1.165, 1.54) is 0 Å². The second-order valence-electron chi connectivity index (χ2n) is 3.54. The molecule has 4 heteroatoms. The summed E-state index contributed by atoms with van der Waals surface area (Å²) in [4.78, 5) is 4.22. The number of rotatable bonds is 4. The lowest BCUT2D eigenvalue weighted by Crippen LogP contribution is -2.14. The summed E-state index contributed by atoms with van der Waals surface area (Å²) in [5, 5.41) is 1.99. The number of benzene rings is 1. The van der Waals surface area contributed by atoms with Crippen molar-refractivity contribution in [1.29, 1.82) is 0 Å². The molecule has 2 N–H and O–H groups in total. The number of hydrogen-bond donors (Lipinski definition) is 1. The molecule has 0 amide bonds. The van der Waals surface area contributed by atoms with Crippen LogP contribution in [0.15, 0.2) is 35.2 Å². The van der Waals surface area contributed by atoms with Gasteiger partial charge in [0, 0.05) is 5.38 Å². The Labute approximate surface area is 98.9 Å². The molecule has 3 nitrogen and oxygen atoms in total. The van der Waals surface area contributed by atoms with E-state index in [-0.39, 0.29) is 6.04 Å². The fraction of sp³-hybridized carbons (Fsp3) is 0.250. The van der Waals surface area contributed by atoms with E-state index in [1.807, 2.05) is 29.6 Å². The smallest absolute Gasteiger partial charge is 0.122 e. The third-order valence-electron chi connectivity index (χ3n) is 2.46. The molecule has 0 bridgehead atoms. The van der Waals surface area contributed by atoms with E-state index in [0.717, 1.165) is 23.4 Å². The summed E-state index contributed by atoms with van der Waals surface area (Å²) >= 11 is 1.57. The van der Waals surface area contributed by atoms with Gasteiger partial charge in [-0.1, -0.05) is 18.2 Å². The summed E-state index contributed by atoms with van der Waals surface area (Å²) in [5.41, 5.74) is 9.94. The molecule has 0 aliphatic rings. The van der Waals surface area contributed by atoms with Crippen LogP contribution in [-0.4, -0.2) is 12.1 Å². The molecule has 2 rings (SSSR count). The number of hydrogen-bond acceptors (Lipinski definition) is 4. The monoisotopic (exact) mass is 234 g/mol. The van der Waals surface area contributed by atoms with Gasteiger partial charge < -0.3 is 10.5 Å². The SMILES string of the molecule is COc1ccccc1CC(N)c1cscn1. The molecule has 1 aromatic carbocycles. The highest BCUT2D eigenvalue weighted by Gasteiger charge is 2.11. The lowest BCUT2D eigenvalue weighted by atomic mass is 10.0. The Hall–Kier alpha value is -1.39. The summed E-state index contributed by atoms with van der Waals surface area (Å²) < 4.78 is 5.29. The molecule has 0 aliphatic heterocycles. The van der Waals surface area contributed by atoms with E-state index in [4.69, 9.17) is 10.5 Å². The van der Waals surface area contributed by atoms with Gasteiger partial charge in [-0.05, 0) is 18.1 Å². The molecule has 84 valence electrons. The lowest BCUT2D eigenvalue weighted by molar-refractivity contribution is 0.408. The fourth-order valence-corrected chi connectivity index (χ4v) is 2.24. The molecule has 1 unspecified atom stereocenters. The zero-order valence-corrected chi connectivity index (χ0v) is 9.91. The summed E-state index contributed by atoms with van der Waals surface area (Å²) in [6, 6.07) is 7.86. The molecule has 0 saturated carbocycles. The molecular weight excluding hydrogens is 220 g/mol. The van der Waals surface area contributed by atoms with Gasteiger partial charge in [0.1, 0.15) is 5.75 Å². The normalized spacial score (nSPS) is 12.4. The van der Waals surface area contributed by atoms with E-state index in [2.05, 4.69) is 4.98 Å². The Kier molecular flexibility index (Phi) is 3.54. The molecule has 0 radical (unpaired) electrons. The third kappa shape index (κ3) is 2.40. The predicted octanol–water partition coefficient (Wildman–Crippen LogP) is 2.39. The van der Waals surface area contributed by atoms with Gasteiger partial charge in [-0.15, -0.1) is 11.3 Å². The first-order valence-corrected chi connectivity index (χ1v) is 6.01. The first-order valence-electron chi connectivity index (χ1n) is 5.07. The molecule has 0 spiro atoms. The van der Waals surface area contributed by atoms with Crippen molar-refractivity contribution >= 4 is 11.3 Å². The van der Waals surface area contributed by atoms with Crippen LogP contribution < -0.4 is 10.5 Å². The number of aromatic nitrogens is 1. The van der Waals surface area contributed by atoms with Gasteiger partial charge in [-0.25, -0.2) is 4.98 Å². The van der Waals surface area contributed by atoms with Gasteiger partial charge in [-0.3, -0.25) is 0 Å². The second kappa shape index (κ2) is 5.09. The summed E-state index contributed by atoms with van der Waals surface area (Å²) in [7, 11) is 1.67. The largest absolute Gasteiger partial charge is 0.496 e. The Bertz CT molecular complexity index is 442. The molecular formula is C12H14N2OS. The Morgan fingerprint density at radius 2 is 2.25 bits per heavy atom. The van der Waals surface area contributed by atoms with Crippen molar-refractivity contribution in [2.45, 2.75) is 12.5 Å². The minimum absolute atomic E-state index is 0.0671. The van der Waals surface area contributed by atoms with Gasteiger partial charge in [-0.2, -0.15) is 0 Å². The first kappa shape index (κ1) is 11.1. The van der Waals surface area contributed by atoms with Gasteiger partial charge in [0.25, 0.3) is 0 Å². The number of nitrogens with zero attached hydrogens (tertiary/aromatic N) is 1. The highest BCUT2D eigenvalue weighted by Crippen LogP contribution is 2.23. The van der Waals surface area contributed by atoms with Crippen molar-refractivity contribution in [1.82, 2.24) is 4.98 Å². The van der Waals surface area contributed by atoms with E-state index in [9.17, 15) is 0 Å². The Morgan fingerprint density at radius 1 is 1.44 bits per heavy atom. The average molecular weight is 234 g/mol. The van der Waals surface area contributed by atoms with Crippen molar-refractivity contribution in [3.05, 3.63) is 46.4 Å². The van der Waals surface area contributed by atoms with E-state index in [0.29, 0.717) is 0 Å². The van der Waals surface area contributed by atoms with Crippen molar-refractivity contribution in [3.8, 4) is 5.75 Å². The van der Waals surface area contributed by atoms with Gasteiger partial charge >= 0.3 is 0 Å². The van der Waals surface area contributed by atoms with Crippen molar-refractivity contribution < 1.29 is 4.74 Å². The van der Waals surface area contributed by atoms with E-state index in [1.54, 1.807) is 24.0 Å². The highest BCUT2D eigenvalue weighted by atomic mass is 32.1. The molecule has 1 aromatic heterocycles. The fourth-order valence-electron chi connectivity index (χ4n) is 1.62. The first-order chi connectivity index (χ1) is 7.81. The van der Waals surface area contributed by atoms with Crippen LogP contribution in [0.1, 0.15) is 17.3 Å². The van der Waals surface area contributed by atoms with Gasteiger partial charge in [0.2, 0.25) is 0 Å². The highest BCUT2D eigenvalue weighted by molar-refractivity contribution is 7.07. The molecule has 16 heavy (non-hydrogen) atoms. The maximum absolute atomic E-state index is 6.08. The van der Waals surface area contributed by atoms with E-state index >= 15 is 0 Å². The van der Waals surface area contributed by atoms with Crippen LogP contribution in [0.3, 0.4) is 0 Å². The number of methoxy groups -OCH3 is 1. The maximum Gasteiger partial charge on any atom is 0.122 e. The number of thiazole rings is 1. The zero-order valence-electron chi connectivity index (χ0n) is 9.09. The van der Waals surface area contributed by atoms with Crippen LogP contribution in [0, 0.1) is 0 Å². The number of ether oxygens (including phenoxy) is 1. The molecule has 1 heterocycles. The maximum atomic E-state index is 6.08. The standard InChI is InChI=1S/C12H14N2OS/c1-15-12-5-3-2-4-9(12)6-10(13)11-7-16-8-14-11/h2-5,7-8,10H,6,13H2,1H3. The van der Waals surface area contributed by atoms with Crippen LogP contribution in [0.4, 0.5) is 0 Å². The minimum Gasteiger partial charge on any atom is -0.496 e. The van der Waals surface area contributed by atoms with Crippen molar-refractivity contribution in [2.75, 3.05) is 7.11 Å². The summed E-state index contributed by atoms with van der Waals surface area (Å²) in [5.74, 6) is 0.883. The minimum atomic E-state index is -0.0671. The van der Waals surface area contributed by atoms with Crippen molar-refractivity contribution in [2.24, 2.45) is 5.73 Å². The average Bonchev–Trinajstić information content (AvgIpc) is 2.83. The number of nitrogens with two attached hydrogens (primary N) is 1. The number of para-hydroxylation sites is 1. The third-order valence-corrected chi connectivity index (χ3v) is 3.07. The molecule has 0 saturated heterocycles. The summed E-state index contributed by atoms with van der Waals surface area (Å²) in [6.07, 6.45) is 0.744. The van der Waals surface area contributed by atoms with E-state index < -0.39 is 0 Å². The Balaban J connectivity index is 2.14. The van der Waals surface area contributed by atoms with Crippen LogP contribution in [0.5, 0.6) is 5.75 Å². The topological polar surface area (TPSA) is 48.1 Å². The lowest BCUT2D eigenvalue weighted by Gasteiger charge is -2.12. The van der Waals surface area contributed by atoms with Gasteiger partial charge in [0.05, 0.1) is 24.4 Å². The molecule has 0 fully saturated rings.